The van der Waals surface area contributed by atoms with Crippen molar-refractivity contribution in [2.24, 2.45) is 5.73 Å². The maximum atomic E-state index is 5.91. The van der Waals surface area contributed by atoms with Crippen molar-refractivity contribution >= 4 is 22.9 Å². The molecule has 6 heteroatoms. The molecule has 2 N–H and O–H groups in total. The van der Waals surface area contributed by atoms with E-state index in [4.69, 9.17) is 31.5 Å². The average Bonchev–Trinajstić information content (AvgIpc) is 3.04. The van der Waals surface area contributed by atoms with E-state index in [1.807, 2.05) is 24.3 Å². The van der Waals surface area contributed by atoms with Crippen LogP contribution in [0.15, 0.2) is 24.3 Å². The minimum atomic E-state index is 0.251. The van der Waals surface area contributed by atoms with Crippen LogP contribution in [0.25, 0.3) is 0 Å². The topological polar surface area (TPSA) is 53.7 Å². The Labute approximate surface area is 126 Å². The standard InChI is InChI=1S/C14H14ClNO3S/c15-14-2-1-10(20-14)7-17-11-6-13-12(18-8-19-13)5-9(11)3-4-16/h1-2,5-6H,3-4,7-8,16H2. The third kappa shape index (κ3) is 2.85. The SMILES string of the molecule is NCCc1cc2c(cc1OCc1ccc(Cl)s1)OCO2. The van der Waals surface area contributed by atoms with Crippen LogP contribution in [-0.4, -0.2) is 13.3 Å². The first-order valence-electron chi connectivity index (χ1n) is 6.26. The van der Waals surface area contributed by atoms with Crippen LogP contribution < -0.4 is 19.9 Å². The van der Waals surface area contributed by atoms with E-state index in [0.29, 0.717) is 18.9 Å². The molecular formula is C14H14ClNO3S. The third-order valence-corrected chi connectivity index (χ3v) is 4.17. The monoisotopic (exact) mass is 311 g/mol. The molecule has 1 aromatic heterocycles. The highest BCUT2D eigenvalue weighted by atomic mass is 35.5. The van der Waals surface area contributed by atoms with E-state index in [-0.39, 0.29) is 6.79 Å². The van der Waals surface area contributed by atoms with Crippen LogP contribution in [0.1, 0.15) is 10.4 Å². The number of nitrogens with two attached hydrogens (primary N) is 1. The molecule has 1 aliphatic rings. The van der Waals surface area contributed by atoms with E-state index < -0.39 is 0 Å². The quantitative estimate of drug-likeness (QED) is 0.921. The molecule has 3 rings (SSSR count). The van der Waals surface area contributed by atoms with Crippen LogP contribution in [0.5, 0.6) is 17.2 Å². The van der Waals surface area contributed by atoms with Gasteiger partial charge in [-0.3, -0.25) is 0 Å². The molecule has 0 saturated carbocycles. The molecule has 0 unspecified atom stereocenters. The number of rotatable bonds is 5. The van der Waals surface area contributed by atoms with Crippen molar-refractivity contribution in [1.29, 1.82) is 0 Å². The van der Waals surface area contributed by atoms with Crippen LogP contribution in [0.3, 0.4) is 0 Å². The van der Waals surface area contributed by atoms with Gasteiger partial charge in [0.05, 0.1) is 4.34 Å². The van der Waals surface area contributed by atoms with E-state index in [9.17, 15) is 0 Å². The Bertz CT molecular complexity index is 614. The zero-order valence-corrected chi connectivity index (χ0v) is 12.3. The highest BCUT2D eigenvalue weighted by Crippen LogP contribution is 2.38. The molecule has 0 spiro atoms. The lowest BCUT2D eigenvalue weighted by Gasteiger charge is -2.11. The zero-order valence-electron chi connectivity index (χ0n) is 10.7. The van der Waals surface area contributed by atoms with E-state index in [0.717, 1.165) is 32.7 Å². The molecule has 0 fully saturated rings. The van der Waals surface area contributed by atoms with Gasteiger partial charge in [0.25, 0.3) is 0 Å². The first-order chi connectivity index (χ1) is 9.76. The normalized spacial score (nSPS) is 12.7. The molecule has 0 saturated heterocycles. The molecule has 20 heavy (non-hydrogen) atoms. The summed E-state index contributed by atoms with van der Waals surface area (Å²) < 4.78 is 17.4. The maximum Gasteiger partial charge on any atom is 0.231 e. The Balaban J connectivity index is 1.80. The molecule has 0 aliphatic carbocycles. The van der Waals surface area contributed by atoms with Gasteiger partial charge in [-0.25, -0.2) is 0 Å². The van der Waals surface area contributed by atoms with Gasteiger partial charge in [0.1, 0.15) is 12.4 Å². The van der Waals surface area contributed by atoms with Gasteiger partial charge in [0.15, 0.2) is 11.5 Å². The predicted octanol–water partition coefficient (Wildman–Crippen LogP) is 3.21. The van der Waals surface area contributed by atoms with Gasteiger partial charge in [-0.15, -0.1) is 11.3 Å². The molecule has 1 aliphatic heterocycles. The summed E-state index contributed by atoms with van der Waals surface area (Å²) >= 11 is 7.42. The molecule has 1 aromatic carbocycles. The Hall–Kier alpha value is -1.43. The number of ether oxygens (including phenoxy) is 3. The second kappa shape index (κ2) is 5.91. The first kappa shape index (κ1) is 13.5. The molecule has 0 atom stereocenters. The van der Waals surface area contributed by atoms with E-state index in [1.54, 1.807) is 0 Å². The zero-order chi connectivity index (χ0) is 13.9. The van der Waals surface area contributed by atoms with Crippen LogP contribution in [0, 0.1) is 0 Å². The van der Waals surface area contributed by atoms with Crippen molar-refractivity contribution in [2.75, 3.05) is 13.3 Å². The average molecular weight is 312 g/mol. The van der Waals surface area contributed by atoms with Gasteiger partial charge in [0, 0.05) is 10.9 Å². The van der Waals surface area contributed by atoms with Gasteiger partial charge in [0.2, 0.25) is 6.79 Å². The van der Waals surface area contributed by atoms with Crippen molar-refractivity contribution in [3.05, 3.63) is 39.0 Å². The second-order valence-electron chi connectivity index (χ2n) is 4.35. The summed E-state index contributed by atoms with van der Waals surface area (Å²) in [5.41, 5.74) is 6.67. The van der Waals surface area contributed by atoms with Crippen molar-refractivity contribution in [3.63, 3.8) is 0 Å². The number of thiophene rings is 1. The Morgan fingerprint density at radius 2 is 2.05 bits per heavy atom. The van der Waals surface area contributed by atoms with Crippen LogP contribution >= 0.6 is 22.9 Å². The third-order valence-electron chi connectivity index (χ3n) is 2.97. The summed E-state index contributed by atoms with van der Waals surface area (Å²) in [4.78, 5) is 1.08. The van der Waals surface area contributed by atoms with Gasteiger partial charge in [-0.2, -0.15) is 0 Å². The predicted molar refractivity (Wildman–Crippen MR) is 79.0 cm³/mol. The van der Waals surface area contributed by atoms with Crippen LogP contribution in [-0.2, 0) is 13.0 Å². The van der Waals surface area contributed by atoms with E-state index in [1.165, 1.54) is 11.3 Å². The Kier molecular flexibility index (Phi) is 4.00. The Morgan fingerprint density at radius 3 is 2.75 bits per heavy atom. The number of hydrogen-bond acceptors (Lipinski definition) is 5. The van der Waals surface area contributed by atoms with Gasteiger partial charge in [-0.05, 0) is 36.7 Å². The summed E-state index contributed by atoms with van der Waals surface area (Å²) in [5.74, 6) is 2.24. The van der Waals surface area contributed by atoms with Crippen molar-refractivity contribution in [1.82, 2.24) is 0 Å². The molecule has 0 radical (unpaired) electrons. The highest BCUT2D eigenvalue weighted by Gasteiger charge is 2.18. The molecule has 4 nitrogen and oxygen atoms in total. The largest absolute Gasteiger partial charge is 0.488 e. The fraction of sp³-hybridized carbons (Fsp3) is 0.286. The fourth-order valence-electron chi connectivity index (χ4n) is 2.03. The maximum absolute atomic E-state index is 5.91. The second-order valence-corrected chi connectivity index (χ2v) is 6.15. The molecule has 0 bridgehead atoms. The first-order valence-corrected chi connectivity index (χ1v) is 7.45. The summed E-state index contributed by atoms with van der Waals surface area (Å²) in [6.45, 7) is 1.29. The number of fused-ring (bicyclic) bond motifs is 1. The molecule has 2 aromatic rings. The summed E-state index contributed by atoms with van der Waals surface area (Å²) in [5, 5.41) is 0. The van der Waals surface area contributed by atoms with E-state index >= 15 is 0 Å². The lowest BCUT2D eigenvalue weighted by Crippen LogP contribution is -2.05. The molecule has 0 amide bonds. The molecule has 2 heterocycles. The van der Waals surface area contributed by atoms with E-state index in [2.05, 4.69) is 0 Å². The smallest absolute Gasteiger partial charge is 0.231 e. The minimum absolute atomic E-state index is 0.251. The highest BCUT2D eigenvalue weighted by molar-refractivity contribution is 7.16. The number of halogens is 1. The van der Waals surface area contributed by atoms with Gasteiger partial charge < -0.3 is 19.9 Å². The van der Waals surface area contributed by atoms with Crippen LogP contribution in [0.2, 0.25) is 4.34 Å². The number of hydrogen-bond donors (Lipinski definition) is 1. The summed E-state index contributed by atoms with van der Waals surface area (Å²) in [7, 11) is 0. The van der Waals surface area contributed by atoms with Gasteiger partial charge in [-0.1, -0.05) is 11.6 Å². The van der Waals surface area contributed by atoms with Crippen molar-refractivity contribution in [2.45, 2.75) is 13.0 Å². The minimum Gasteiger partial charge on any atom is -0.488 e. The molecule has 106 valence electrons. The molecular weight excluding hydrogens is 298 g/mol. The van der Waals surface area contributed by atoms with Crippen molar-refractivity contribution < 1.29 is 14.2 Å². The van der Waals surface area contributed by atoms with Crippen molar-refractivity contribution in [3.8, 4) is 17.2 Å². The summed E-state index contributed by atoms with van der Waals surface area (Å²) in [6, 6.07) is 7.63. The summed E-state index contributed by atoms with van der Waals surface area (Å²) in [6.07, 6.45) is 0.733. The van der Waals surface area contributed by atoms with Gasteiger partial charge >= 0.3 is 0 Å². The van der Waals surface area contributed by atoms with Crippen LogP contribution in [0.4, 0.5) is 0 Å². The fourth-order valence-corrected chi connectivity index (χ4v) is 3.03. The lowest BCUT2D eigenvalue weighted by molar-refractivity contribution is 0.173. The Morgan fingerprint density at radius 1 is 1.25 bits per heavy atom. The number of benzene rings is 1. The lowest BCUT2D eigenvalue weighted by atomic mass is 10.1.